The largest absolute Gasteiger partial charge is 0.508 e. The summed E-state index contributed by atoms with van der Waals surface area (Å²) in [5, 5.41) is 17.7. The van der Waals surface area contributed by atoms with Crippen LogP contribution in [-0.4, -0.2) is 20.8 Å². The highest BCUT2D eigenvalue weighted by atomic mass is 19.1. The number of aromatic hydroxyl groups is 1. The third kappa shape index (κ3) is 3.12. The highest BCUT2D eigenvalue weighted by Gasteiger charge is 2.34. The molecule has 5 nitrogen and oxygen atoms in total. The monoisotopic (exact) mass is 399 g/mol. The van der Waals surface area contributed by atoms with Gasteiger partial charge in [-0.05, 0) is 35.9 Å². The number of aromatic nitrogens is 2. The zero-order chi connectivity index (χ0) is 20.7. The molecule has 0 spiro atoms. The molecule has 4 aromatic rings. The number of rotatable bonds is 3. The van der Waals surface area contributed by atoms with Crippen molar-refractivity contribution < 1.29 is 14.3 Å². The topological polar surface area (TPSA) is 67.1 Å². The molecule has 0 bridgehead atoms. The predicted molar refractivity (Wildman–Crippen MR) is 112 cm³/mol. The molecule has 0 saturated carbocycles. The number of hydrogen-bond acceptors (Lipinski definition) is 3. The van der Waals surface area contributed by atoms with Gasteiger partial charge in [-0.2, -0.15) is 5.10 Å². The summed E-state index contributed by atoms with van der Waals surface area (Å²) in [6.45, 7) is 0. The molecule has 0 saturated heterocycles. The Bertz CT molecular complexity index is 1250. The average molecular weight is 399 g/mol. The fraction of sp³-hybridized carbons (Fsp3) is 0.0833. The van der Waals surface area contributed by atoms with E-state index in [9.17, 15) is 14.3 Å². The van der Waals surface area contributed by atoms with Crippen LogP contribution >= 0.6 is 0 Å². The molecule has 30 heavy (non-hydrogen) atoms. The maximum absolute atomic E-state index is 13.9. The van der Waals surface area contributed by atoms with Gasteiger partial charge in [0.15, 0.2) is 0 Å². The molecule has 1 atom stereocenters. The maximum Gasteiger partial charge on any atom is 0.226 e. The fourth-order valence-corrected chi connectivity index (χ4v) is 3.98. The standard InChI is InChI=1S/C24H18FN3O2/c25-17-9-5-10-18(13-17)28-24-22(23(27-28)15-6-2-1-3-7-15)20(14-21(30)26-24)16-8-4-11-19(29)12-16/h1-13,20,29H,14H2,(H,26,30)/t20-/m0/s1. The number of carbonyl (C=O) groups excluding carboxylic acids is 1. The van der Waals surface area contributed by atoms with E-state index in [1.54, 1.807) is 35.0 Å². The van der Waals surface area contributed by atoms with Crippen molar-refractivity contribution in [3.8, 4) is 22.7 Å². The number of phenolic OH excluding ortho intramolecular Hbond substituents is 1. The molecule has 2 N–H and O–H groups in total. The highest BCUT2D eigenvalue weighted by molar-refractivity contribution is 5.96. The van der Waals surface area contributed by atoms with Gasteiger partial charge in [0.25, 0.3) is 0 Å². The number of anilines is 1. The molecule has 2 heterocycles. The van der Waals surface area contributed by atoms with Crippen molar-refractivity contribution in [2.24, 2.45) is 0 Å². The minimum atomic E-state index is -0.385. The fourth-order valence-electron chi connectivity index (χ4n) is 3.98. The maximum atomic E-state index is 13.9. The van der Waals surface area contributed by atoms with Crippen LogP contribution in [0.15, 0.2) is 78.9 Å². The molecule has 1 aliphatic rings. The van der Waals surface area contributed by atoms with Gasteiger partial charge in [-0.3, -0.25) is 4.79 Å². The summed E-state index contributed by atoms with van der Waals surface area (Å²) >= 11 is 0. The molecule has 1 amide bonds. The summed E-state index contributed by atoms with van der Waals surface area (Å²) in [5.74, 6) is -0.182. The van der Waals surface area contributed by atoms with Gasteiger partial charge in [-0.15, -0.1) is 0 Å². The minimum Gasteiger partial charge on any atom is -0.508 e. The van der Waals surface area contributed by atoms with Gasteiger partial charge in [-0.1, -0.05) is 48.5 Å². The zero-order valence-electron chi connectivity index (χ0n) is 15.9. The first-order valence-corrected chi connectivity index (χ1v) is 9.63. The number of nitrogens with one attached hydrogen (secondary N) is 1. The number of nitrogens with zero attached hydrogens (tertiary/aromatic N) is 2. The molecule has 0 radical (unpaired) electrons. The molecule has 1 aromatic heterocycles. The van der Waals surface area contributed by atoms with Gasteiger partial charge in [0.05, 0.1) is 11.4 Å². The second-order valence-corrected chi connectivity index (χ2v) is 7.27. The van der Waals surface area contributed by atoms with Crippen LogP contribution in [0.25, 0.3) is 16.9 Å². The normalized spacial score (nSPS) is 15.5. The SMILES string of the molecule is O=C1C[C@@H](c2cccc(O)c2)c2c(-c3ccccc3)nn(-c3cccc(F)c3)c2N1. The second kappa shape index (κ2) is 7.15. The Balaban J connectivity index is 1.78. The molecule has 1 aliphatic heterocycles. The minimum absolute atomic E-state index is 0.138. The lowest BCUT2D eigenvalue weighted by Crippen LogP contribution is -2.24. The van der Waals surface area contributed by atoms with Gasteiger partial charge in [-0.25, -0.2) is 9.07 Å². The van der Waals surface area contributed by atoms with Crippen LogP contribution in [0, 0.1) is 5.82 Å². The molecule has 0 unspecified atom stereocenters. The molecule has 0 aliphatic carbocycles. The Hall–Kier alpha value is -3.93. The van der Waals surface area contributed by atoms with Crippen molar-refractivity contribution >= 4 is 11.7 Å². The molecular formula is C24H18FN3O2. The number of halogens is 1. The summed E-state index contributed by atoms with van der Waals surface area (Å²) in [4.78, 5) is 12.6. The first kappa shape index (κ1) is 18.1. The van der Waals surface area contributed by atoms with E-state index in [0.717, 1.165) is 16.7 Å². The van der Waals surface area contributed by atoms with Gasteiger partial charge >= 0.3 is 0 Å². The number of hydrogen-bond donors (Lipinski definition) is 2. The number of phenols is 1. The lowest BCUT2D eigenvalue weighted by molar-refractivity contribution is -0.116. The van der Waals surface area contributed by atoms with Crippen LogP contribution in [0.5, 0.6) is 5.75 Å². The van der Waals surface area contributed by atoms with Gasteiger partial charge < -0.3 is 10.4 Å². The van der Waals surface area contributed by atoms with Crippen molar-refractivity contribution in [1.29, 1.82) is 0 Å². The second-order valence-electron chi connectivity index (χ2n) is 7.27. The van der Waals surface area contributed by atoms with Crippen molar-refractivity contribution in [3.63, 3.8) is 0 Å². The quantitative estimate of drug-likeness (QED) is 0.517. The Morgan fingerprint density at radius 2 is 1.80 bits per heavy atom. The highest BCUT2D eigenvalue weighted by Crippen LogP contribution is 2.44. The molecule has 6 heteroatoms. The molecular weight excluding hydrogens is 381 g/mol. The van der Waals surface area contributed by atoms with E-state index in [1.165, 1.54) is 12.1 Å². The molecule has 5 rings (SSSR count). The van der Waals surface area contributed by atoms with Crippen LogP contribution < -0.4 is 5.32 Å². The van der Waals surface area contributed by atoms with Gasteiger partial charge in [0, 0.05) is 23.5 Å². The lowest BCUT2D eigenvalue weighted by Gasteiger charge is -2.25. The van der Waals surface area contributed by atoms with Gasteiger partial charge in [0.1, 0.15) is 17.4 Å². The Kier molecular flexibility index (Phi) is 4.32. The van der Waals surface area contributed by atoms with Crippen LogP contribution in [0.3, 0.4) is 0 Å². The Morgan fingerprint density at radius 1 is 1.00 bits per heavy atom. The number of amides is 1. The summed E-state index contributed by atoms with van der Waals surface area (Å²) in [6, 6.07) is 22.7. The van der Waals surface area contributed by atoms with Crippen LogP contribution in [0.4, 0.5) is 10.2 Å². The Morgan fingerprint density at radius 3 is 2.57 bits per heavy atom. The molecule has 3 aromatic carbocycles. The summed E-state index contributed by atoms with van der Waals surface area (Å²) in [7, 11) is 0. The molecule has 148 valence electrons. The number of carbonyl (C=O) groups is 1. The first-order chi connectivity index (χ1) is 14.6. The van der Waals surface area contributed by atoms with E-state index in [-0.39, 0.29) is 29.8 Å². The Labute approximate surface area is 172 Å². The summed E-state index contributed by atoms with van der Waals surface area (Å²) in [5.41, 5.74) is 3.79. The van der Waals surface area contributed by atoms with Crippen LogP contribution in [-0.2, 0) is 4.79 Å². The van der Waals surface area contributed by atoms with Crippen molar-refractivity contribution in [2.75, 3.05) is 5.32 Å². The van der Waals surface area contributed by atoms with Crippen LogP contribution in [0.2, 0.25) is 0 Å². The number of fused-ring (bicyclic) bond motifs is 1. The zero-order valence-corrected chi connectivity index (χ0v) is 15.9. The third-order valence-electron chi connectivity index (χ3n) is 5.29. The van der Waals surface area contributed by atoms with Crippen molar-refractivity contribution in [2.45, 2.75) is 12.3 Å². The summed E-state index contributed by atoms with van der Waals surface area (Å²) in [6.07, 6.45) is 0.227. The van der Waals surface area contributed by atoms with Gasteiger partial charge in [0.2, 0.25) is 5.91 Å². The van der Waals surface area contributed by atoms with E-state index < -0.39 is 0 Å². The van der Waals surface area contributed by atoms with E-state index >= 15 is 0 Å². The van der Waals surface area contributed by atoms with Crippen LogP contribution in [0.1, 0.15) is 23.5 Å². The van der Waals surface area contributed by atoms with Crippen molar-refractivity contribution in [3.05, 3.63) is 95.8 Å². The predicted octanol–water partition coefficient (Wildman–Crippen LogP) is 4.86. The van der Waals surface area contributed by atoms with E-state index in [0.29, 0.717) is 17.2 Å². The molecule has 0 fully saturated rings. The van der Waals surface area contributed by atoms with Crippen molar-refractivity contribution in [1.82, 2.24) is 9.78 Å². The van der Waals surface area contributed by atoms with E-state index in [1.807, 2.05) is 36.4 Å². The van der Waals surface area contributed by atoms with E-state index in [4.69, 9.17) is 5.10 Å². The lowest BCUT2D eigenvalue weighted by atomic mass is 9.84. The summed E-state index contributed by atoms with van der Waals surface area (Å²) < 4.78 is 15.5. The third-order valence-corrected chi connectivity index (χ3v) is 5.29. The first-order valence-electron chi connectivity index (χ1n) is 9.63. The smallest absolute Gasteiger partial charge is 0.226 e. The number of benzene rings is 3. The average Bonchev–Trinajstić information content (AvgIpc) is 3.13. The van der Waals surface area contributed by atoms with E-state index in [2.05, 4.69) is 5.32 Å².